The number of rotatable bonds is 6. The molecule has 8 heteroatoms. The van der Waals surface area contributed by atoms with Gasteiger partial charge in [0.1, 0.15) is 18.1 Å². The van der Waals surface area contributed by atoms with Crippen molar-refractivity contribution in [3.8, 4) is 0 Å². The monoisotopic (exact) mass is 404 g/mol. The highest BCUT2D eigenvalue weighted by molar-refractivity contribution is 7.89. The molecule has 0 radical (unpaired) electrons. The van der Waals surface area contributed by atoms with Gasteiger partial charge in [-0.15, -0.1) is 0 Å². The van der Waals surface area contributed by atoms with E-state index in [0.29, 0.717) is 30.1 Å². The molecular formula is C20H24N2O5S. The van der Waals surface area contributed by atoms with E-state index in [1.165, 1.54) is 6.08 Å². The molecule has 1 aliphatic rings. The molecule has 0 aliphatic carbocycles. The summed E-state index contributed by atoms with van der Waals surface area (Å²) in [5, 5.41) is 3.75. The molecule has 0 unspecified atom stereocenters. The summed E-state index contributed by atoms with van der Waals surface area (Å²) in [5.41, 5.74) is 1.26. The molecule has 0 spiro atoms. The second kappa shape index (κ2) is 9.16. The van der Waals surface area contributed by atoms with Crippen LogP contribution in [0, 0.1) is 6.92 Å². The number of ether oxygens (including phenoxy) is 1. The molecule has 7 nitrogen and oxygen atoms in total. The molecule has 28 heavy (non-hydrogen) atoms. The lowest BCUT2D eigenvalue weighted by molar-refractivity contribution is -0.139. The van der Waals surface area contributed by atoms with E-state index in [-0.39, 0.29) is 11.5 Å². The van der Waals surface area contributed by atoms with Crippen LogP contribution in [-0.2, 0) is 26.2 Å². The Hall–Kier alpha value is -2.45. The first-order chi connectivity index (χ1) is 13.4. The topological polar surface area (TPSA) is 89.7 Å². The van der Waals surface area contributed by atoms with E-state index in [0.717, 1.165) is 25.7 Å². The van der Waals surface area contributed by atoms with Crippen LogP contribution in [0.4, 0.5) is 0 Å². The fourth-order valence-electron chi connectivity index (χ4n) is 3.03. The Morgan fingerprint density at radius 3 is 2.46 bits per heavy atom. The first-order valence-electron chi connectivity index (χ1n) is 9.32. The summed E-state index contributed by atoms with van der Waals surface area (Å²) in [6.07, 6.45) is 6.82. The Morgan fingerprint density at radius 1 is 1.18 bits per heavy atom. The lowest BCUT2D eigenvalue weighted by atomic mass is 10.2. The van der Waals surface area contributed by atoms with E-state index in [2.05, 4.69) is 5.16 Å². The molecule has 3 rings (SSSR count). The highest BCUT2D eigenvalue weighted by Crippen LogP contribution is 2.21. The van der Waals surface area contributed by atoms with Gasteiger partial charge in [-0.1, -0.05) is 30.1 Å². The second-order valence-electron chi connectivity index (χ2n) is 6.76. The average Bonchev–Trinajstić information content (AvgIpc) is 2.93. The molecule has 1 aliphatic heterocycles. The van der Waals surface area contributed by atoms with E-state index < -0.39 is 16.0 Å². The Balaban J connectivity index is 1.58. The van der Waals surface area contributed by atoms with Crippen LogP contribution in [0.2, 0.25) is 0 Å². The minimum Gasteiger partial charge on any atom is -0.456 e. The molecule has 150 valence electrons. The standard InChI is InChI=1S/C20H24N2O5S/c1-16-14-18(21-27-16)15-26-20(23)11-8-17-6-9-19(10-7-17)28(24,25)22-12-4-2-3-5-13-22/h6-11,14H,2-5,12-13,15H2,1H3/b11-8+. The summed E-state index contributed by atoms with van der Waals surface area (Å²) in [5.74, 6) is 0.138. The number of hydrogen-bond donors (Lipinski definition) is 0. The van der Waals surface area contributed by atoms with Crippen molar-refractivity contribution in [2.75, 3.05) is 13.1 Å². The zero-order valence-corrected chi connectivity index (χ0v) is 16.7. The summed E-state index contributed by atoms with van der Waals surface area (Å²) in [6.45, 7) is 2.93. The van der Waals surface area contributed by atoms with Crippen molar-refractivity contribution < 1.29 is 22.5 Å². The highest BCUT2D eigenvalue weighted by atomic mass is 32.2. The van der Waals surface area contributed by atoms with Crippen LogP contribution in [-0.4, -0.2) is 36.9 Å². The van der Waals surface area contributed by atoms with Gasteiger partial charge in [-0.05, 0) is 43.5 Å². The molecule has 1 saturated heterocycles. The van der Waals surface area contributed by atoms with Crippen molar-refractivity contribution in [1.82, 2.24) is 9.46 Å². The maximum Gasteiger partial charge on any atom is 0.331 e. The van der Waals surface area contributed by atoms with Gasteiger partial charge in [0, 0.05) is 25.2 Å². The van der Waals surface area contributed by atoms with Gasteiger partial charge in [0.2, 0.25) is 10.0 Å². The molecule has 1 fully saturated rings. The predicted octanol–water partition coefficient (Wildman–Crippen LogP) is 3.30. The molecule has 2 aromatic rings. The van der Waals surface area contributed by atoms with Gasteiger partial charge in [0.05, 0.1) is 4.90 Å². The second-order valence-corrected chi connectivity index (χ2v) is 8.70. The van der Waals surface area contributed by atoms with Crippen molar-refractivity contribution in [2.24, 2.45) is 0 Å². The summed E-state index contributed by atoms with van der Waals surface area (Å²) in [4.78, 5) is 12.1. The van der Waals surface area contributed by atoms with Crippen LogP contribution in [0.3, 0.4) is 0 Å². The van der Waals surface area contributed by atoms with Gasteiger partial charge in [-0.25, -0.2) is 13.2 Å². The number of nitrogens with zero attached hydrogens (tertiary/aromatic N) is 2. The molecule has 1 aromatic carbocycles. The maximum atomic E-state index is 12.8. The van der Waals surface area contributed by atoms with Crippen LogP contribution in [0.1, 0.15) is 42.7 Å². The summed E-state index contributed by atoms with van der Waals surface area (Å²) < 4.78 is 37.1. The number of aryl methyl sites for hydroxylation is 1. The largest absolute Gasteiger partial charge is 0.456 e. The SMILES string of the molecule is Cc1cc(COC(=O)/C=C/c2ccc(S(=O)(=O)N3CCCCCC3)cc2)no1. The number of benzene rings is 1. The molecular weight excluding hydrogens is 380 g/mol. The van der Waals surface area contributed by atoms with Crippen LogP contribution in [0.5, 0.6) is 0 Å². The van der Waals surface area contributed by atoms with Crippen LogP contribution in [0.15, 0.2) is 45.8 Å². The van der Waals surface area contributed by atoms with Crippen LogP contribution in [0.25, 0.3) is 6.08 Å². The fourth-order valence-corrected chi connectivity index (χ4v) is 4.54. The number of carbonyl (C=O) groups excluding carboxylic acids is 1. The lowest BCUT2D eigenvalue weighted by Gasteiger charge is -2.19. The molecule has 0 N–H and O–H groups in total. The van der Waals surface area contributed by atoms with E-state index >= 15 is 0 Å². The van der Waals surface area contributed by atoms with E-state index in [1.807, 2.05) is 0 Å². The molecule has 0 amide bonds. The van der Waals surface area contributed by atoms with Gasteiger partial charge in [0.25, 0.3) is 0 Å². The quantitative estimate of drug-likeness (QED) is 0.542. The highest BCUT2D eigenvalue weighted by Gasteiger charge is 2.24. The average molecular weight is 404 g/mol. The smallest absolute Gasteiger partial charge is 0.331 e. The normalized spacial score (nSPS) is 16.2. The number of carbonyl (C=O) groups is 1. The van der Waals surface area contributed by atoms with Gasteiger partial charge < -0.3 is 9.26 Å². The Labute approximate surface area is 165 Å². The van der Waals surface area contributed by atoms with Crippen LogP contribution >= 0.6 is 0 Å². The third-order valence-corrected chi connectivity index (χ3v) is 6.45. The molecule has 0 atom stereocenters. The summed E-state index contributed by atoms with van der Waals surface area (Å²) in [6, 6.07) is 8.19. The third kappa shape index (κ3) is 5.30. The molecule has 1 aromatic heterocycles. The lowest BCUT2D eigenvalue weighted by Crippen LogP contribution is -2.31. The minimum absolute atomic E-state index is 0.0352. The van der Waals surface area contributed by atoms with Crippen molar-refractivity contribution in [3.63, 3.8) is 0 Å². The van der Waals surface area contributed by atoms with Crippen molar-refractivity contribution in [1.29, 1.82) is 0 Å². The van der Waals surface area contributed by atoms with Crippen molar-refractivity contribution in [2.45, 2.75) is 44.1 Å². The minimum atomic E-state index is -3.47. The first-order valence-corrected chi connectivity index (χ1v) is 10.8. The van der Waals surface area contributed by atoms with Crippen LogP contribution < -0.4 is 0 Å². The summed E-state index contributed by atoms with van der Waals surface area (Å²) >= 11 is 0. The third-order valence-electron chi connectivity index (χ3n) is 4.53. The van der Waals surface area contributed by atoms with E-state index in [1.54, 1.807) is 47.6 Å². The Kier molecular flexibility index (Phi) is 6.64. The zero-order chi connectivity index (χ0) is 20.0. The van der Waals surface area contributed by atoms with Crippen molar-refractivity contribution >= 4 is 22.1 Å². The maximum absolute atomic E-state index is 12.8. The number of hydrogen-bond acceptors (Lipinski definition) is 6. The Bertz CT molecular complexity index is 924. The molecule has 2 heterocycles. The number of sulfonamides is 1. The number of esters is 1. The van der Waals surface area contributed by atoms with Crippen molar-refractivity contribution in [3.05, 3.63) is 53.4 Å². The van der Waals surface area contributed by atoms with Gasteiger partial charge in [-0.3, -0.25) is 0 Å². The van der Waals surface area contributed by atoms with E-state index in [4.69, 9.17) is 9.26 Å². The fraction of sp³-hybridized carbons (Fsp3) is 0.400. The van der Waals surface area contributed by atoms with Gasteiger partial charge in [0.15, 0.2) is 0 Å². The van der Waals surface area contributed by atoms with Gasteiger partial charge >= 0.3 is 5.97 Å². The zero-order valence-electron chi connectivity index (χ0n) is 15.8. The van der Waals surface area contributed by atoms with E-state index in [9.17, 15) is 13.2 Å². The summed E-state index contributed by atoms with van der Waals surface area (Å²) in [7, 11) is -3.47. The number of aromatic nitrogens is 1. The first kappa shape index (κ1) is 20.3. The predicted molar refractivity (Wildman–Crippen MR) is 104 cm³/mol. The Morgan fingerprint density at radius 2 is 1.86 bits per heavy atom. The van der Waals surface area contributed by atoms with Gasteiger partial charge in [-0.2, -0.15) is 4.31 Å². The molecule has 0 bridgehead atoms. The molecule has 0 saturated carbocycles.